The maximum Gasteiger partial charge on any atom is 0.228 e. The van der Waals surface area contributed by atoms with Gasteiger partial charge in [-0.2, -0.15) is 0 Å². The zero-order chi connectivity index (χ0) is 13.9. The smallest absolute Gasteiger partial charge is 0.228 e. The van der Waals surface area contributed by atoms with Crippen molar-refractivity contribution in [2.45, 2.75) is 57.5 Å². The summed E-state index contributed by atoms with van der Waals surface area (Å²) in [5.41, 5.74) is -0.832. The number of piperidine rings is 1. The van der Waals surface area contributed by atoms with Gasteiger partial charge in [0, 0.05) is 13.6 Å². The predicted octanol–water partition coefficient (Wildman–Crippen LogP) is 1.53. The van der Waals surface area contributed by atoms with Gasteiger partial charge in [0.25, 0.3) is 0 Å². The zero-order valence-corrected chi connectivity index (χ0v) is 12.4. The number of carbonyl (C=O) groups is 1. The third kappa shape index (κ3) is 3.11. The molecule has 0 bridgehead atoms. The summed E-state index contributed by atoms with van der Waals surface area (Å²) in [6.45, 7) is 4.47. The number of carbonyl (C=O) groups excluding carboxylic acids is 1. The summed E-state index contributed by atoms with van der Waals surface area (Å²) in [6.07, 6.45) is 6.59. The van der Waals surface area contributed by atoms with Crippen LogP contribution in [0.15, 0.2) is 0 Å². The minimum absolute atomic E-state index is 0.199. The number of rotatable bonds is 4. The summed E-state index contributed by atoms with van der Waals surface area (Å²) in [6, 6.07) is 0. The van der Waals surface area contributed by atoms with Crippen LogP contribution in [-0.4, -0.2) is 48.2 Å². The van der Waals surface area contributed by atoms with Crippen LogP contribution in [0.1, 0.15) is 51.9 Å². The molecule has 2 fully saturated rings. The second-order valence-electron chi connectivity index (χ2n) is 6.48. The molecule has 1 aliphatic heterocycles. The molecule has 1 amide bonds. The SMILES string of the molecule is CCC1(C(=O)N(C)CC2(O)CCCC2)CCNCC1. The Bertz CT molecular complexity index is 318. The summed E-state index contributed by atoms with van der Waals surface area (Å²) in [5, 5.41) is 13.8. The largest absolute Gasteiger partial charge is 0.388 e. The maximum absolute atomic E-state index is 12.8. The van der Waals surface area contributed by atoms with Gasteiger partial charge in [-0.15, -0.1) is 0 Å². The topological polar surface area (TPSA) is 52.6 Å². The number of hydrogen-bond donors (Lipinski definition) is 2. The summed E-state index contributed by atoms with van der Waals surface area (Å²) in [4.78, 5) is 14.6. The van der Waals surface area contributed by atoms with Crippen LogP contribution in [-0.2, 0) is 4.79 Å². The van der Waals surface area contributed by atoms with Gasteiger partial charge in [-0.3, -0.25) is 4.79 Å². The Kier molecular flexibility index (Phi) is 4.51. The van der Waals surface area contributed by atoms with Crippen molar-refractivity contribution in [1.29, 1.82) is 0 Å². The molecule has 1 saturated heterocycles. The highest BCUT2D eigenvalue weighted by Gasteiger charge is 2.42. The average Bonchev–Trinajstić information content (AvgIpc) is 2.85. The molecule has 2 rings (SSSR count). The van der Waals surface area contributed by atoms with Crippen LogP contribution in [0.4, 0.5) is 0 Å². The molecule has 0 unspecified atom stereocenters. The Morgan fingerprint density at radius 1 is 1.21 bits per heavy atom. The van der Waals surface area contributed by atoms with E-state index < -0.39 is 5.60 Å². The molecule has 1 heterocycles. The average molecular weight is 268 g/mol. The van der Waals surface area contributed by atoms with Gasteiger partial charge < -0.3 is 15.3 Å². The first-order valence-electron chi connectivity index (χ1n) is 7.70. The highest BCUT2D eigenvalue weighted by molar-refractivity contribution is 5.82. The molecular formula is C15H28N2O2. The monoisotopic (exact) mass is 268 g/mol. The number of amides is 1. The van der Waals surface area contributed by atoms with E-state index in [0.717, 1.165) is 58.0 Å². The van der Waals surface area contributed by atoms with Crippen molar-refractivity contribution in [2.24, 2.45) is 5.41 Å². The van der Waals surface area contributed by atoms with E-state index in [2.05, 4.69) is 12.2 Å². The second kappa shape index (κ2) is 5.80. The summed E-state index contributed by atoms with van der Waals surface area (Å²) >= 11 is 0. The van der Waals surface area contributed by atoms with E-state index in [4.69, 9.17) is 0 Å². The number of nitrogens with zero attached hydrogens (tertiary/aromatic N) is 1. The third-order valence-electron chi connectivity index (χ3n) is 5.10. The van der Waals surface area contributed by atoms with Crippen molar-refractivity contribution in [2.75, 3.05) is 26.7 Å². The van der Waals surface area contributed by atoms with Crippen LogP contribution in [0.25, 0.3) is 0 Å². The van der Waals surface area contributed by atoms with E-state index in [1.54, 1.807) is 4.90 Å². The van der Waals surface area contributed by atoms with Gasteiger partial charge in [-0.1, -0.05) is 19.8 Å². The van der Waals surface area contributed by atoms with Crippen LogP contribution in [0, 0.1) is 5.41 Å². The van der Waals surface area contributed by atoms with Gasteiger partial charge in [0.05, 0.1) is 11.0 Å². The maximum atomic E-state index is 12.8. The molecule has 4 heteroatoms. The van der Waals surface area contributed by atoms with Crippen molar-refractivity contribution < 1.29 is 9.90 Å². The lowest BCUT2D eigenvalue weighted by atomic mass is 9.75. The van der Waals surface area contributed by atoms with Crippen LogP contribution in [0.3, 0.4) is 0 Å². The van der Waals surface area contributed by atoms with Gasteiger partial charge in [0.2, 0.25) is 5.91 Å². The number of aliphatic hydroxyl groups is 1. The molecule has 110 valence electrons. The summed E-state index contributed by atoms with van der Waals surface area (Å²) in [7, 11) is 1.86. The first-order valence-corrected chi connectivity index (χ1v) is 7.70. The fourth-order valence-electron chi connectivity index (χ4n) is 3.73. The quantitative estimate of drug-likeness (QED) is 0.813. The molecule has 0 atom stereocenters. The van der Waals surface area contributed by atoms with E-state index in [-0.39, 0.29) is 11.3 Å². The van der Waals surface area contributed by atoms with Crippen molar-refractivity contribution in [3.05, 3.63) is 0 Å². The second-order valence-corrected chi connectivity index (χ2v) is 6.48. The fourth-order valence-corrected chi connectivity index (χ4v) is 3.73. The van der Waals surface area contributed by atoms with E-state index in [1.807, 2.05) is 7.05 Å². The minimum atomic E-state index is -0.633. The van der Waals surface area contributed by atoms with Crippen LogP contribution >= 0.6 is 0 Å². The normalized spacial score (nSPS) is 25.2. The molecule has 1 aliphatic carbocycles. The molecule has 0 spiro atoms. The van der Waals surface area contributed by atoms with E-state index >= 15 is 0 Å². The Morgan fingerprint density at radius 2 is 1.79 bits per heavy atom. The molecule has 4 nitrogen and oxygen atoms in total. The van der Waals surface area contributed by atoms with Gasteiger partial charge in [-0.05, 0) is 45.2 Å². The Labute approximate surface area is 116 Å². The van der Waals surface area contributed by atoms with Gasteiger partial charge >= 0.3 is 0 Å². The molecule has 0 aromatic carbocycles. The van der Waals surface area contributed by atoms with Crippen molar-refractivity contribution in [3.8, 4) is 0 Å². The lowest BCUT2D eigenvalue weighted by Crippen LogP contribution is -2.51. The standard InChI is InChI=1S/C15H28N2O2/c1-3-14(8-10-16-11-9-14)13(18)17(2)12-15(19)6-4-5-7-15/h16,19H,3-12H2,1-2H3. The molecular weight excluding hydrogens is 240 g/mol. The van der Waals surface area contributed by atoms with Crippen LogP contribution in [0.2, 0.25) is 0 Å². The number of hydrogen-bond acceptors (Lipinski definition) is 3. The number of likely N-dealkylation sites (N-methyl/N-ethyl adjacent to an activating group) is 1. The summed E-state index contributed by atoms with van der Waals surface area (Å²) < 4.78 is 0. The van der Waals surface area contributed by atoms with Crippen molar-refractivity contribution in [1.82, 2.24) is 10.2 Å². The van der Waals surface area contributed by atoms with E-state index in [9.17, 15) is 9.90 Å². The fraction of sp³-hybridized carbons (Fsp3) is 0.933. The van der Waals surface area contributed by atoms with Gasteiger partial charge in [0.1, 0.15) is 0 Å². The molecule has 0 aromatic heterocycles. The Morgan fingerprint density at radius 3 is 2.32 bits per heavy atom. The molecule has 2 N–H and O–H groups in total. The summed E-state index contributed by atoms with van der Waals surface area (Å²) in [5.74, 6) is 0.233. The highest BCUT2D eigenvalue weighted by Crippen LogP contribution is 2.36. The van der Waals surface area contributed by atoms with E-state index in [0.29, 0.717) is 6.54 Å². The molecule has 1 saturated carbocycles. The lowest BCUT2D eigenvalue weighted by Gasteiger charge is -2.40. The van der Waals surface area contributed by atoms with Gasteiger partial charge in [-0.25, -0.2) is 0 Å². The number of nitrogens with one attached hydrogen (secondary N) is 1. The van der Waals surface area contributed by atoms with Crippen LogP contribution < -0.4 is 5.32 Å². The van der Waals surface area contributed by atoms with Crippen molar-refractivity contribution >= 4 is 5.91 Å². The zero-order valence-electron chi connectivity index (χ0n) is 12.4. The molecule has 0 aromatic rings. The lowest BCUT2D eigenvalue weighted by molar-refractivity contribution is -0.146. The third-order valence-corrected chi connectivity index (χ3v) is 5.10. The molecule has 2 aliphatic rings. The Balaban J connectivity index is 2.00. The molecule has 19 heavy (non-hydrogen) atoms. The molecule has 0 radical (unpaired) electrons. The first kappa shape index (κ1) is 14.8. The Hall–Kier alpha value is -0.610. The van der Waals surface area contributed by atoms with Crippen molar-refractivity contribution in [3.63, 3.8) is 0 Å². The predicted molar refractivity (Wildman–Crippen MR) is 75.9 cm³/mol. The highest BCUT2D eigenvalue weighted by atomic mass is 16.3. The van der Waals surface area contributed by atoms with Crippen LogP contribution in [0.5, 0.6) is 0 Å². The first-order chi connectivity index (χ1) is 9.01. The van der Waals surface area contributed by atoms with Gasteiger partial charge in [0.15, 0.2) is 0 Å². The van der Waals surface area contributed by atoms with E-state index in [1.165, 1.54) is 0 Å². The minimum Gasteiger partial charge on any atom is -0.388 e.